The summed E-state index contributed by atoms with van der Waals surface area (Å²) in [6.07, 6.45) is 4.49. The van der Waals surface area contributed by atoms with Crippen LogP contribution in [0, 0.1) is 12.8 Å². The number of aryl methyl sites for hydroxylation is 1. The standard InChI is InChI=1S/C13H21N3.2ClH/c1-11-9-13(3-6-15-11)16-7-4-12(5-8-16)10-14-2;;/h3,6,9,12,14H,4-5,7-8,10H2,1-2H3;2*1H. The van der Waals surface area contributed by atoms with Crippen LogP contribution in [0.3, 0.4) is 0 Å². The van der Waals surface area contributed by atoms with Crippen molar-refractivity contribution in [3.63, 3.8) is 0 Å². The number of piperidine rings is 1. The summed E-state index contributed by atoms with van der Waals surface area (Å²) < 4.78 is 0. The zero-order chi connectivity index (χ0) is 11.4. The fraction of sp³-hybridized carbons (Fsp3) is 0.615. The average molecular weight is 292 g/mol. The molecule has 18 heavy (non-hydrogen) atoms. The number of nitrogens with one attached hydrogen (secondary N) is 1. The van der Waals surface area contributed by atoms with Crippen molar-refractivity contribution in [2.75, 3.05) is 31.6 Å². The minimum absolute atomic E-state index is 0. The smallest absolute Gasteiger partial charge is 0.0399 e. The molecule has 0 spiro atoms. The van der Waals surface area contributed by atoms with Gasteiger partial charge >= 0.3 is 0 Å². The molecule has 0 bridgehead atoms. The van der Waals surface area contributed by atoms with E-state index in [0.29, 0.717) is 0 Å². The van der Waals surface area contributed by atoms with Crippen molar-refractivity contribution < 1.29 is 0 Å². The van der Waals surface area contributed by atoms with E-state index in [1.807, 2.05) is 13.2 Å². The number of aromatic nitrogens is 1. The Morgan fingerprint density at radius 3 is 2.56 bits per heavy atom. The molecule has 3 nitrogen and oxygen atoms in total. The van der Waals surface area contributed by atoms with E-state index in [9.17, 15) is 0 Å². The fourth-order valence-electron chi connectivity index (χ4n) is 2.41. The predicted octanol–water partition coefficient (Wildman–Crippen LogP) is 2.67. The van der Waals surface area contributed by atoms with E-state index in [0.717, 1.165) is 18.2 Å². The highest BCUT2D eigenvalue weighted by Gasteiger charge is 2.18. The Hall–Kier alpha value is -0.510. The molecule has 1 aliphatic heterocycles. The van der Waals surface area contributed by atoms with Crippen molar-refractivity contribution in [2.24, 2.45) is 5.92 Å². The first-order valence-electron chi connectivity index (χ1n) is 6.12. The van der Waals surface area contributed by atoms with Gasteiger partial charge in [0.15, 0.2) is 0 Å². The summed E-state index contributed by atoms with van der Waals surface area (Å²) in [5.74, 6) is 0.851. The lowest BCUT2D eigenvalue weighted by Crippen LogP contribution is -2.36. The molecule has 1 aromatic heterocycles. The highest BCUT2D eigenvalue weighted by molar-refractivity contribution is 5.85. The molecule has 1 saturated heterocycles. The summed E-state index contributed by atoms with van der Waals surface area (Å²) in [6, 6.07) is 4.30. The van der Waals surface area contributed by atoms with E-state index in [-0.39, 0.29) is 24.8 Å². The van der Waals surface area contributed by atoms with Gasteiger partial charge in [-0.3, -0.25) is 4.98 Å². The second-order valence-electron chi connectivity index (χ2n) is 4.64. The summed E-state index contributed by atoms with van der Waals surface area (Å²) in [4.78, 5) is 6.72. The van der Waals surface area contributed by atoms with Gasteiger partial charge in [-0.15, -0.1) is 24.8 Å². The molecule has 0 aliphatic carbocycles. The molecule has 1 fully saturated rings. The van der Waals surface area contributed by atoms with Gasteiger partial charge in [-0.1, -0.05) is 0 Å². The second kappa shape index (κ2) is 8.57. The van der Waals surface area contributed by atoms with Crippen molar-refractivity contribution in [1.29, 1.82) is 0 Å². The van der Waals surface area contributed by atoms with Gasteiger partial charge in [-0.2, -0.15) is 0 Å². The molecule has 0 atom stereocenters. The maximum absolute atomic E-state index is 4.24. The zero-order valence-corrected chi connectivity index (χ0v) is 12.7. The van der Waals surface area contributed by atoms with Crippen LogP contribution in [-0.2, 0) is 0 Å². The Kier molecular flexibility index (Phi) is 8.32. The van der Waals surface area contributed by atoms with Gasteiger partial charge < -0.3 is 10.2 Å². The summed E-state index contributed by atoms with van der Waals surface area (Å²) >= 11 is 0. The first-order chi connectivity index (χ1) is 7.79. The van der Waals surface area contributed by atoms with Crippen LogP contribution in [0.1, 0.15) is 18.5 Å². The highest BCUT2D eigenvalue weighted by atomic mass is 35.5. The zero-order valence-electron chi connectivity index (χ0n) is 11.1. The van der Waals surface area contributed by atoms with Crippen LogP contribution in [0.15, 0.2) is 18.3 Å². The topological polar surface area (TPSA) is 28.2 Å². The summed E-state index contributed by atoms with van der Waals surface area (Å²) in [6.45, 7) is 5.56. The molecule has 2 rings (SSSR count). The maximum atomic E-state index is 4.24. The number of rotatable bonds is 3. The summed E-state index contributed by atoms with van der Waals surface area (Å²) in [7, 11) is 2.04. The number of halogens is 2. The van der Waals surface area contributed by atoms with Crippen LogP contribution in [0.5, 0.6) is 0 Å². The average Bonchev–Trinajstić information content (AvgIpc) is 2.30. The number of hydrogen-bond acceptors (Lipinski definition) is 3. The van der Waals surface area contributed by atoms with Crippen LogP contribution in [0.2, 0.25) is 0 Å². The van der Waals surface area contributed by atoms with Crippen LogP contribution in [0.25, 0.3) is 0 Å². The van der Waals surface area contributed by atoms with E-state index in [4.69, 9.17) is 0 Å². The molecule has 1 aromatic rings. The number of hydrogen-bond donors (Lipinski definition) is 1. The Morgan fingerprint density at radius 2 is 2.00 bits per heavy atom. The second-order valence-corrected chi connectivity index (χ2v) is 4.64. The monoisotopic (exact) mass is 291 g/mol. The molecule has 0 radical (unpaired) electrons. The van der Waals surface area contributed by atoms with Crippen LogP contribution in [0.4, 0.5) is 5.69 Å². The molecule has 0 aromatic carbocycles. The van der Waals surface area contributed by atoms with Gasteiger partial charge in [-0.05, 0) is 51.4 Å². The maximum Gasteiger partial charge on any atom is 0.0399 e. The Labute approximate surface area is 122 Å². The lowest BCUT2D eigenvalue weighted by atomic mass is 9.96. The first kappa shape index (κ1) is 17.5. The molecule has 104 valence electrons. The molecular formula is C13H23Cl2N3. The minimum atomic E-state index is 0. The van der Waals surface area contributed by atoms with E-state index < -0.39 is 0 Å². The minimum Gasteiger partial charge on any atom is -0.371 e. The van der Waals surface area contributed by atoms with E-state index in [2.05, 4.69) is 34.3 Å². The van der Waals surface area contributed by atoms with Crippen molar-refractivity contribution in [3.05, 3.63) is 24.0 Å². The van der Waals surface area contributed by atoms with Crippen LogP contribution in [-0.4, -0.2) is 31.7 Å². The Morgan fingerprint density at radius 1 is 1.33 bits per heavy atom. The Bertz CT molecular complexity index is 339. The normalized spacial score (nSPS) is 15.8. The summed E-state index contributed by atoms with van der Waals surface area (Å²) in [5, 5.41) is 3.27. The Balaban J connectivity index is 0.00000144. The van der Waals surface area contributed by atoms with Gasteiger partial charge in [0.1, 0.15) is 0 Å². The third-order valence-electron chi connectivity index (χ3n) is 3.35. The lowest BCUT2D eigenvalue weighted by Gasteiger charge is -2.33. The molecule has 5 heteroatoms. The van der Waals surface area contributed by atoms with Crippen molar-refractivity contribution in [3.8, 4) is 0 Å². The third kappa shape index (κ3) is 4.63. The lowest BCUT2D eigenvalue weighted by molar-refractivity contribution is 0.393. The van der Waals surface area contributed by atoms with Gasteiger partial charge in [-0.25, -0.2) is 0 Å². The van der Waals surface area contributed by atoms with E-state index in [1.165, 1.54) is 31.6 Å². The molecular weight excluding hydrogens is 269 g/mol. The van der Waals surface area contributed by atoms with Crippen LogP contribution >= 0.6 is 24.8 Å². The molecule has 2 heterocycles. The quantitative estimate of drug-likeness (QED) is 0.928. The van der Waals surface area contributed by atoms with Gasteiger partial charge in [0.05, 0.1) is 0 Å². The summed E-state index contributed by atoms with van der Waals surface area (Å²) in [5.41, 5.74) is 2.44. The predicted molar refractivity (Wildman–Crippen MR) is 82.3 cm³/mol. The molecule has 0 amide bonds. The molecule has 1 aliphatic rings. The van der Waals surface area contributed by atoms with E-state index in [1.54, 1.807) is 0 Å². The largest absolute Gasteiger partial charge is 0.371 e. The third-order valence-corrected chi connectivity index (χ3v) is 3.35. The highest BCUT2D eigenvalue weighted by Crippen LogP contribution is 2.22. The van der Waals surface area contributed by atoms with E-state index >= 15 is 0 Å². The molecule has 1 N–H and O–H groups in total. The van der Waals surface area contributed by atoms with Gasteiger partial charge in [0.2, 0.25) is 0 Å². The van der Waals surface area contributed by atoms with Gasteiger partial charge in [0, 0.05) is 30.7 Å². The number of pyridine rings is 1. The SMILES string of the molecule is CNCC1CCN(c2ccnc(C)c2)CC1.Cl.Cl. The fourth-order valence-corrected chi connectivity index (χ4v) is 2.41. The number of nitrogens with zero attached hydrogens (tertiary/aromatic N) is 2. The van der Waals surface area contributed by atoms with Gasteiger partial charge in [0.25, 0.3) is 0 Å². The van der Waals surface area contributed by atoms with Crippen molar-refractivity contribution in [2.45, 2.75) is 19.8 Å². The first-order valence-corrected chi connectivity index (χ1v) is 6.12. The van der Waals surface area contributed by atoms with Crippen LogP contribution < -0.4 is 10.2 Å². The van der Waals surface area contributed by atoms with Crippen molar-refractivity contribution >= 4 is 30.5 Å². The molecule has 0 saturated carbocycles. The molecule has 0 unspecified atom stereocenters. The number of anilines is 1. The van der Waals surface area contributed by atoms with Crippen molar-refractivity contribution in [1.82, 2.24) is 10.3 Å².